The third-order valence-electron chi connectivity index (χ3n) is 6.13. The Hall–Kier alpha value is -0.640. The molecule has 3 aliphatic heterocycles. The molecule has 34 heavy (non-hydrogen) atoms. The molecule has 11 N–H and O–H groups in total. The van der Waals surface area contributed by atoms with Gasteiger partial charge in [0.2, 0.25) is 5.79 Å². The third-order valence-corrected chi connectivity index (χ3v) is 6.13. The summed E-state index contributed by atoms with van der Waals surface area (Å²) in [5.41, 5.74) is 0. The predicted molar refractivity (Wildman–Crippen MR) is 101 cm³/mol. The summed E-state index contributed by atoms with van der Waals surface area (Å²) in [7, 11) is 0. The number of aliphatic hydroxyl groups excluding tert-OH is 10. The SMILES string of the molecule is OC[C@H]1O[C@@H](OC[C@H]2O[C@@H](O[C@@H]3[C@@H](CO)OC(O)(CO)[C@H]3O)[C@H](O)[C@@H](O)[C@H]2O)[C@H](O)[C@@H](O)[C@H]1O. The summed E-state index contributed by atoms with van der Waals surface area (Å²) in [6.07, 6.45) is -21.3. The van der Waals surface area contributed by atoms with Gasteiger partial charge in [0.15, 0.2) is 12.6 Å². The summed E-state index contributed by atoms with van der Waals surface area (Å²) in [4.78, 5) is 0. The topological polar surface area (TPSA) is 269 Å². The fraction of sp³-hybridized carbons (Fsp3) is 1.00. The van der Waals surface area contributed by atoms with Gasteiger partial charge in [0.25, 0.3) is 0 Å². The highest BCUT2D eigenvalue weighted by atomic mass is 16.8. The van der Waals surface area contributed by atoms with Crippen molar-refractivity contribution in [2.75, 3.05) is 26.4 Å². The van der Waals surface area contributed by atoms with E-state index >= 15 is 0 Å². The lowest BCUT2D eigenvalue weighted by Gasteiger charge is -2.43. The average molecular weight is 504 g/mol. The van der Waals surface area contributed by atoms with Gasteiger partial charge >= 0.3 is 0 Å². The molecule has 3 fully saturated rings. The molecular formula is C18H32O16. The van der Waals surface area contributed by atoms with E-state index in [1.54, 1.807) is 0 Å². The molecule has 0 spiro atoms. The van der Waals surface area contributed by atoms with Crippen molar-refractivity contribution in [2.45, 2.75) is 85.5 Å². The van der Waals surface area contributed by atoms with Crippen molar-refractivity contribution >= 4 is 0 Å². The van der Waals surface area contributed by atoms with Crippen molar-refractivity contribution in [1.29, 1.82) is 0 Å². The Bertz CT molecular complexity index is 653. The molecule has 3 rings (SSSR count). The van der Waals surface area contributed by atoms with E-state index in [9.17, 15) is 56.2 Å². The van der Waals surface area contributed by atoms with Crippen LogP contribution in [-0.2, 0) is 23.7 Å². The Morgan fingerprint density at radius 3 is 1.74 bits per heavy atom. The number of aliphatic hydroxyl groups is 11. The van der Waals surface area contributed by atoms with Gasteiger partial charge in [0.05, 0.1) is 26.4 Å². The minimum Gasteiger partial charge on any atom is -0.394 e. The molecule has 16 nitrogen and oxygen atoms in total. The molecule has 0 aromatic carbocycles. The second-order valence-corrected chi connectivity index (χ2v) is 8.43. The molecule has 0 aliphatic carbocycles. The summed E-state index contributed by atoms with van der Waals surface area (Å²) in [6, 6.07) is 0. The highest BCUT2D eigenvalue weighted by molar-refractivity contribution is 4.98. The summed E-state index contributed by atoms with van der Waals surface area (Å²) in [5.74, 6) is -2.47. The van der Waals surface area contributed by atoms with Crippen LogP contribution in [0.15, 0.2) is 0 Å². The van der Waals surface area contributed by atoms with E-state index in [-0.39, 0.29) is 0 Å². The van der Waals surface area contributed by atoms with Crippen molar-refractivity contribution < 1.29 is 79.9 Å². The molecule has 0 bridgehead atoms. The van der Waals surface area contributed by atoms with Crippen molar-refractivity contribution in [3.8, 4) is 0 Å². The summed E-state index contributed by atoms with van der Waals surface area (Å²) >= 11 is 0. The Morgan fingerprint density at radius 2 is 1.18 bits per heavy atom. The van der Waals surface area contributed by atoms with Crippen LogP contribution in [0.2, 0.25) is 0 Å². The van der Waals surface area contributed by atoms with Gasteiger partial charge in [-0.15, -0.1) is 0 Å². The quantitative estimate of drug-likeness (QED) is 0.146. The van der Waals surface area contributed by atoms with E-state index in [0.29, 0.717) is 0 Å². The van der Waals surface area contributed by atoms with Crippen molar-refractivity contribution in [3.63, 3.8) is 0 Å². The molecule has 3 saturated heterocycles. The van der Waals surface area contributed by atoms with Crippen LogP contribution in [0.5, 0.6) is 0 Å². The molecule has 0 saturated carbocycles. The van der Waals surface area contributed by atoms with Gasteiger partial charge in [-0.2, -0.15) is 0 Å². The second-order valence-electron chi connectivity index (χ2n) is 8.43. The fourth-order valence-electron chi connectivity index (χ4n) is 4.01. The first-order valence-electron chi connectivity index (χ1n) is 10.6. The van der Waals surface area contributed by atoms with Gasteiger partial charge in [-0.1, -0.05) is 0 Å². The fourth-order valence-corrected chi connectivity index (χ4v) is 4.01. The zero-order valence-electron chi connectivity index (χ0n) is 17.8. The van der Waals surface area contributed by atoms with E-state index in [1.807, 2.05) is 0 Å². The van der Waals surface area contributed by atoms with Crippen LogP contribution in [-0.4, -0.2) is 168 Å². The molecule has 0 amide bonds. The maximum absolute atomic E-state index is 10.3. The van der Waals surface area contributed by atoms with E-state index in [4.69, 9.17) is 23.7 Å². The smallest absolute Gasteiger partial charge is 0.219 e. The number of hydrogen-bond donors (Lipinski definition) is 11. The van der Waals surface area contributed by atoms with Crippen LogP contribution < -0.4 is 0 Å². The summed E-state index contributed by atoms with van der Waals surface area (Å²) in [5, 5.41) is 109. The van der Waals surface area contributed by atoms with Gasteiger partial charge < -0.3 is 79.9 Å². The zero-order chi connectivity index (χ0) is 25.4. The van der Waals surface area contributed by atoms with Crippen molar-refractivity contribution in [3.05, 3.63) is 0 Å². The largest absolute Gasteiger partial charge is 0.394 e. The first-order valence-corrected chi connectivity index (χ1v) is 10.6. The zero-order valence-corrected chi connectivity index (χ0v) is 17.8. The molecule has 1 unspecified atom stereocenters. The standard InChI is InChI=1S/C18H32O16/c19-1-5-8(22)10(24)12(26)16(31-5)30-3-7-9(23)11(25)13(27)17(32-7)33-14-6(2-20)34-18(29,4-21)15(14)28/h5-17,19-29H,1-4H2/t5-,6-,7-,8+,9+,10+,11+,12-,13-,14-,15+,16-,17+,18?/m1/s1. The third kappa shape index (κ3) is 5.23. The molecular weight excluding hydrogens is 472 g/mol. The Labute approximate surface area is 192 Å². The molecule has 200 valence electrons. The van der Waals surface area contributed by atoms with Crippen LogP contribution in [0.3, 0.4) is 0 Å². The van der Waals surface area contributed by atoms with Gasteiger partial charge in [-0.3, -0.25) is 0 Å². The monoisotopic (exact) mass is 504 g/mol. The molecule has 14 atom stereocenters. The first kappa shape index (κ1) is 27.9. The van der Waals surface area contributed by atoms with E-state index in [0.717, 1.165) is 0 Å². The highest BCUT2D eigenvalue weighted by Gasteiger charge is 2.56. The Morgan fingerprint density at radius 1 is 0.647 bits per heavy atom. The number of ether oxygens (including phenoxy) is 5. The normalized spacial score (nSPS) is 52.1. The van der Waals surface area contributed by atoms with Crippen LogP contribution in [0.25, 0.3) is 0 Å². The molecule has 3 aliphatic rings. The molecule has 16 heteroatoms. The lowest BCUT2D eigenvalue weighted by molar-refractivity contribution is -0.339. The van der Waals surface area contributed by atoms with Crippen LogP contribution in [0, 0.1) is 0 Å². The second kappa shape index (κ2) is 11.2. The van der Waals surface area contributed by atoms with Gasteiger partial charge in [0.1, 0.15) is 67.1 Å². The molecule has 0 aromatic heterocycles. The van der Waals surface area contributed by atoms with Gasteiger partial charge in [0, 0.05) is 0 Å². The number of rotatable bonds is 8. The van der Waals surface area contributed by atoms with E-state index in [1.165, 1.54) is 0 Å². The Balaban J connectivity index is 1.67. The van der Waals surface area contributed by atoms with E-state index < -0.39 is 112 Å². The molecule has 0 radical (unpaired) electrons. The Kier molecular flexibility index (Phi) is 9.18. The summed E-state index contributed by atoms with van der Waals surface area (Å²) < 4.78 is 26.3. The number of hydrogen-bond acceptors (Lipinski definition) is 16. The molecule has 0 aromatic rings. The van der Waals surface area contributed by atoms with Crippen LogP contribution in [0.4, 0.5) is 0 Å². The molecule has 3 heterocycles. The minimum atomic E-state index is -2.47. The van der Waals surface area contributed by atoms with Gasteiger partial charge in [-0.05, 0) is 0 Å². The maximum Gasteiger partial charge on any atom is 0.219 e. The average Bonchev–Trinajstić information content (AvgIpc) is 3.08. The first-order chi connectivity index (χ1) is 16.0. The summed E-state index contributed by atoms with van der Waals surface area (Å²) in [6.45, 7) is -3.12. The van der Waals surface area contributed by atoms with Gasteiger partial charge in [-0.25, -0.2) is 0 Å². The lowest BCUT2D eigenvalue weighted by Crippen LogP contribution is -2.62. The van der Waals surface area contributed by atoms with Crippen molar-refractivity contribution in [2.24, 2.45) is 0 Å². The highest BCUT2D eigenvalue weighted by Crippen LogP contribution is 2.34. The van der Waals surface area contributed by atoms with Crippen molar-refractivity contribution in [1.82, 2.24) is 0 Å². The van der Waals surface area contributed by atoms with Crippen LogP contribution >= 0.6 is 0 Å². The predicted octanol–water partition coefficient (Wildman–Crippen LogP) is -7.57. The van der Waals surface area contributed by atoms with E-state index in [2.05, 4.69) is 0 Å². The maximum atomic E-state index is 10.3. The van der Waals surface area contributed by atoms with Crippen LogP contribution in [0.1, 0.15) is 0 Å². The lowest BCUT2D eigenvalue weighted by atomic mass is 9.98. The minimum absolute atomic E-state index is 0.610.